The standard InChI is InChI=1S/C18H17NO6/c1-11(20)24-15-6-4-5-14(10-15)19-18(22)13-7-8-16(25-12(2)21)17(9-13)23-3/h4-10H,1-3H3,(H,19,22). The molecule has 1 amide bonds. The predicted octanol–water partition coefficient (Wildman–Crippen LogP) is 2.80. The van der Waals surface area contributed by atoms with Crippen molar-refractivity contribution in [1.29, 1.82) is 0 Å². The van der Waals surface area contributed by atoms with Crippen molar-refractivity contribution in [2.24, 2.45) is 0 Å². The van der Waals surface area contributed by atoms with Gasteiger partial charge in [-0.05, 0) is 30.3 Å². The highest BCUT2D eigenvalue weighted by Crippen LogP contribution is 2.28. The van der Waals surface area contributed by atoms with Gasteiger partial charge in [0.25, 0.3) is 5.91 Å². The van der Waals surface area contributed by atoms with Crippen molar-refractivity contribution in [3.63, 3.8) is 0 Å². The van der Waals surface area contributed by atoms with E-state index in [2.05, 4.69) is 5.32 Å². The molecule has 0 saturated heterocycles. The Morgan fingerprint density at radius 2 is 1.60 bits per heavy atom. The summed E-state index contributed by atoms with van der Waals surface area (Å²) >= 11 is 0. The van der Waals surface area contributed by atoms with Gasteiger partial charge < -0.3 is 19.5 Å². The third kappa shape index (κ3) is 5.07. The first-order valence-corrected chi connectivity index (χ1v) is 7.35. The number of carbonyl (C=O) groups is 3. The average molecular weight is 343 g/mol. The summed E-state index contributed by atoms with van der Waals surface area (Å²) in [7, 11) is 1.41. The summed E-state index contributed by atoms with van der Waals surface area (Å²) in [6.45, 7) is 2.57. The molecule has 0 atom stereocenters. The van der Waals surface area contributed by atoms with E-state index in [1.54, 1.807) is 18.2 Å². The molecule has 0 spiro atoms. The zero-order valence-corrected chi connectivity index (χ0v) is 14.0. The van der Waals surface area contributed by atoms with E-state index >= 15 is 0 Å². The fraction of sp³-hybridized carbons (Fsp3) is 0.167. The second-order valence-electron chi connectivity index (χ2n) is 5.03. The molecule has 0 heterocycles. The van der Waals surface area contributed by atoms with Crippen LogP contribution in [0.4, 0.5) is 5.69 Å². The van der Waals surface area contributed by atoms with Crippen molar-refractivity contribution in [2.45, 2.75) is 13.8 Å². The Balaban J connectivity index is 2.18. The van der Waals surface area contributed by atoms with E-state index in [1.807, 2.05) is 0 Å². The van der Waals surface area contributed by atoms with Gasteiger partial charge in [0.2, 0.25) is 0 Å². The molecular weight excluding hydrogens is 326 g/mol. The lowest BCUT2D eigenvalue weighted by Crippen LogP contribution is -2.12. The highest BCUT2D eigenvalue weighted by Gasteiger charge is 2.13. The van der Waals surface area contributed by atoms with Crippen LogP contribution in [0.3, 0.4) is 0 Å². The van der Waals surface area contributed by atoms with Gasteiger partial charge in [-0.1, -0.05) is 6.07 Å². The van der Waals surface area contributed by atoms with Gasteiger partial charge in [-0.2, -0.15) is 0 Å². The average Bonchev–Trinajstić information content (AvgIpc) is 2.54. The Labute approximate surface area is 144 Å². The van der Waals surface area contributed by atoms with Gasteiger partial charge in [-0.25, -0.2) is 0 Å². The smallest absolute Gasteiger partial charge is 0.308 e. The van der Waals surface area contributed by atoms with Crippen LogP contribution in [0.1, 0.15) is 24.2 Å². The number of ether oxygens (including phenoxy) is 3. The zero-order chi connectivity index (χ0) is 18.4. The van der Waals surface area contributed by atoms with E-state index in [0.717, 1.165) is 0 Å². The van der Waals surface area contributed by atoms with E-state index in [1.165, 1.54) is 45.2 Å². The number of esters is 2. The molecular formula is C18H17NO6. The van der Waals surface area contributed by atoms with Crippen LogP contribution in [-0.4, -0.2) is 25.0 Å². The number of rotatable bonds is 5. The van der Waals surface area contributed by atoms with Gasteiger partial charge in [0.1, 0.15) is 5.75 Å². The maximum atomic E-state index is 12.4. The van der Waals surface area contributed by atoms with E-state index in [4.69, 9.17) is 14.2 Å². The molecule has 25 heavy (non-hydrogen) atoms. The second-order valence-corrected chi connectivity index (χ2v) is 5.03. The first-order valence-electron chi connectivity index (χ1n) is 7.35. The SMILES string of the molecule is COc1cc(C(=O)Nc2cccc(OC(C)=O)c2)ccc1OC(C)=O. The number of methoxy groups -OCH3 is 1. The Hall–Kier alpha value is -3.35. The number of hydrogen-bond acceptors (Lipinski definition) is 6. The fourth-order valence-corrected chi connectivity index (χ4v) is 2.05. The van der Waals surface area contributed by atoms with Crippen LogP contribution in [-0.2, 0) is 9.59 Å². The summed E-state index contributed by atoms with van der Waals surface area (Å²) in [5, 5.41) is 2.69. The molecule has 0 aliphatic heterocycles. The lowest BCUT2D eigenvalue weighted by Gasteiger charge is -2.11. The van der Waals surface area contributed by atoms with E-state index in [-0.39, 0.29) is 11.5 Å². The maximum absolute atomic E-state index is 12.4. The van der Waals surface area contributed by atoms with Crippen molar-refractivity contribution in [2.75, 3.05) is 12.4 Å². The molecule has 7 heteroatoms. The van der Waals surface area contributed by atoms with Crippen LogP contribution in [0.25, 0.3) is 0 Å². The molecule has 7 nitrogen and oxygen atoms in total. The van der Waals surface area contributed by atoms with E-state index in [9.17, 15) is 14.4 Å². The van der Waals surface area contributed by atoms with Crippen molar-refractivity contribution < 1.29 is 28.6 Å². The van der Waals surface area contributed by atoms with Crippen LogP contribution < -0.4 is 19.5 Å². The summed E-state index contributed by atoms with van der Waals surface area (Å²) in [6.07, 6.45) is 0. The van der Waals surface area contributed by atoms with Gasteiger partial charge in [0, 0.05) is 31.2 Å². The van der Waals surface area contributed by atoms with Crippen LogP contribution in [0.5, 0.6) is 17.2 Å². The lowest BCUT2D eigenvalue weighted by molar-refractivity contribution is -0.132. The highest BCUT2D eigenvalue weighted by molar-refractivity contribution is 6.04. The molecule has 0 fully saturated rings. The van der Waals surface area contributed by atoms with Crippen LogP contribution in [0, 0.1) is 0 Å². The molecule has 2 aromatic carbocycles. The quantitative estimate of drug-likeness (QED) is 0.663. The molecule has 0 aliphatic carbocycles. The second kappa shape index (κ2) is 7.96. The molecule has 130 valence electrons. The van der Waals surface area contributed by atoms with Crippen molar-refractivity contribution in [3.05, 3.63) is 48.0 Å². The largest absolute Gasteiger partial charge is 0.493 e. The number of hydrogen-bond donors (Lipinski definition) is 1. The Bertz CT molecular complexity index is 815. The first-order chi connectivity index (χ1) is 11.9. The summed E-state index contributed by atoms with van der Waals surface area (Å²) in [5.74, 6) is -0.521. The normalized spacial score (nSPS) is 9.88. The minimum absolute atomic E-state index is 0.225. The monoisotopic (exact) mass is 343 g/mol. The molecule has 0 bridgehead atoms. The van der Waals surface area contributed by atoms with Gasteiger partial charge in [0.15, 0.2) is 11.5 Å². The van der Waals surface area contributed by atoms with Crippen LogP contribution in [0.2, 0.25) is 0 Å². The Kier molecular flexibility index (Phi) is 5.73. The molecule has 1 N–H and O–H groups in total. The number of carbonyl (C=O) groups excluding carboxylic acids is 3. The summed E-state index contributed by atoms with van der Waals surface area (Å²) in [6, 6.07) is 10.9. The van der Waals surface area contributed by atoms with Gasteiger partial charge in [0.05, 0.1) is 7.11 Å². The van der Waals surface area contributed by atoms with E-state index in [0.29, 0.717) is 17.0 Å². The molecule has 2 rings (SSSR count). The number of benzene rings is 2. The molecule has 0 radical (unpaired) electrons. The third-order valence-electron chi connectivity index (χ3n) is 3.03. The van der Waals surface area contributed by atoms with Crippen molar-refractivity contribution >= 4 is 23.5 Å². The minimum Gasteiger partial charge on any atom is -0.493 e. The summed E-state index contributed by atoms with van der Waals surface area (Å²) in [5.41, 5.74) is 0.775. The van der Waals surface area contributed by atoms with Gasteiger partial charge in [-0.15, -0.1) is 0 Å². The van der Waals surface area contributed by atoms with Gasteiger partial charge >= 0.3 is 11.9 Å². The van der Waals surface area contributed by atoms with Crippen LogP contribution >= 0.6 is 0 Å². The van der Waals surface area contributed by atoms with Gasteiger partial charge in [-0.3, -0.25) is 14.4 Å². The fourth-order valence-electron chi connectivity index (χ4n) is 2.05. The third-order valence-corrected chi connectivity index (χ3v) is 3.03. The molecule has 0 unspecified atom stereocenters. The highest BCUT2D eigenvalue weighted by atomic mass is 16.6. The predicted molar refractivity (Wildman–Crippen MR) is 90.0 cm³/mol. The molecule has 0 aromatic heterocycles. The molecule has 0 aliphatic rings. The summed E-state index contributed by atoms with van der Waals surface area (Å²) < 4.78 is 15.1. The van der Waals surface area contributed by atoms with Crippen molar-refractivity contribution in [1.82, 2.24) is 0 Å². The molecule has 2 aromatic rings. The number of anilines is 1. The number of amides is 1. The van der Waals surface area contributed by atoms with Crippen LogP contribution in [0.15, 0.2) is 42.5 Å². The minimum atomic E-state index is -0.488. The maximum Gasteiger partial charge on any atom is 0.308 e. The van der Waals surface area contributed by atoms with E-state index < -0.39 is 17.8 Å². The zero-order valence-electron chi connectivity index (χ0n) is 14.0. The lowest BCUT2D eigenvalue weighted by atomic mass is 10.1. The van der Waals surface area contributed by atoms with Crippen molar-refractivity contribution in [3.8, 4) is 17.2 Å². The first kappa shape index (κ1) is 18.0. The Morgan fingerprint density at radius 3 is 2.24 bits per heavy atom. The Morgan fingerprint density at radius 1 is 0.880 bits per heavy atom. The molecule has 0 saturated carbocycles. The topological polar surface area (TPSA) is 90.9 Å². The summed E-state index contributed by atoms with van der Waals surface area (Å²) in [4.78, 5) is 34.4. The number of nitrogens with one attached hydrogen (secondary N) is 1.